The molecule has 1 aliphatic rings. The third-order valence-electron chi connectivity index (χ3n) is 3.00. The van der Waals surface area contributed by atoms with E-state index in [0.29, 0.717) is 6.42 Å². The quantitative estimate of drug-likeness (QED) is 0.432. The summed E-state index contributed by atoms with van der Waals surface area (Å²) >= 11 is 0. The molecule has 0 spiro atoms. The van der Waals surface area contributed by atoms with Gasteiger partial charge in [-0.3, -0.25) is 10.2 Å². The van der Waals surface area contributed by atoms with Crippen LogP contribution in [0.15, 0.2) is 0 Å². The summed E-state index contributed by atoms with van der Waals surface area (Å²) in [6.07, 6.45) is 3.29. The van der Waals surface area contributed by atoms with E-state index in [1.165, 1.54) is 0 Å². The SMILES string of the molecule is CCCC(OC1CC(C)OC(C)C1)C(=O)NN. The van der Waals surface area contributed by atoms with Gasteiger partial charge in [0.15, 0.2) is 0 Å². The third-order valence-corrected chi connectivity index (χ3v) is 3.00. The molecule has 3 N–H and O–H groups in total. The van der Waals surface area contributed by atoms with Gasteiger partial charge in [0, 0.05) is 0 Å². The number of hydrogen-bond acceptors (Lipinski definition) is 4. The maximum absolute atomic E-state index is 11.5. The standard InChI is InChI=1S/C12H24N2O3/c1-4-5-11(12(15)14-13)17-10-6-8(2)16-9(3)7-10/h8-11H,4-7,13H2,1-3H3,(H,14,15). The van der Waals surface area contributed by atoms with Gasteiger partial charge in [-0.25, -0.2) is 5.84 Å². The van der Waals surface area contributed by atoms with Crippen molar-refractivity contribution in [1.29, 1.82) is 0 Å². The van der Waals surface area contributed by atoms with E-state index in [9.17, 15) is 4.79 Å². The van der Waals surface area contributed by atoms with Crippen LogP contribution in [0.25, 0.3) is 0 Å². The number of nitrogens with one attached hydrogen (secondary N) is 1. The Balaban J connectivity index is 2.50. The molecular weight excluding hydrogens is 220 g/mol. The highest BCUT2D eigenvalue weighted by Gasteiger charge is 2.29. The van der Waals surface area contributed by atoms with E-state index >= 15 is 0 Å². The molecular formula is C12H24N2O3. The first-order chi connectivity index (χ1) is 8.06. The molecule has 0 aromatic heterocycles. The van der Waals surface area contributed by atoms with Gasteiger partial charge in [-0.2, -0.15) is 0 Å². The Labute approximate surface area is 103 Å². The van der Waals surface area contributed by atoms with Crippen LogP contribution in [0.3, 0.4) is 0 Å². The fourth-order valence-corrected chi connectivity index (χ4v) is 2.30. The van der Waals surface area contributed by atoms with Crippen molar-refractivity contribution >= 4 is 5.91 Å². The lowest BCUT2D eigenvalue weighted by atomic mass is 10.0. The molecule has 1 saturated heterocycles. The largest absolute Gasteiger partial charge is 0.375 e. The monoisotopic (exact) mass is 244 g/mol. The molecule has 5 heteroatoms. The van der Waals surface area contributed by atoms with Crippen molar-refractivity contribution in [2.75, 3.05) is 0 Å². The van der Waals surface area contributed by atoms with Gasteiger partial charge in [0.1, 0.15) is 6.10 Å². The van der Waals surface area contributed by atoms with Crippen molar-refractivity contribution in [3.05, 3.63) is 0 Å². The van der Waals surface area contributed by atoms with Crippen LogP contribution in [-0.4, -0.2) is 30.3 Å². The number of hydrogen-bond donors (Lipinski definition) is 2. The maximum Gasteiger partial charge on any atom is 0.262 e. The highest BCUT2D eigenvalue weighted by atomic mass is 16.5. The molecule has 1 aliphatic heterocycles. The normalized spacial score (nSPS) is 30.9. The van der Waals surface area contributed by atoms with Gasteiger partial charge in [0.25, 0.3) is 5.91 Å². The lowest BCUT2D eigenvalue weighted by Crippen LogP contribution is -2.44. The zero-order valence-electron chi connectivity index (χ0n) is 10.9. The van der Waals surface area contributed by atoms with Crippen molar-refractivity contribution < 1.29 is 14.3 Å². The Morgan fingerprint density at radius 2 is 2.06 bits per heavy atom. The first-order valence-electron chi connectivity index (χ1n) is 6.38. The maximum atomic E-state index is 11.5. The molecule has 5 nitrogen and oxygen atoms in total. The molecule has 1 fully saturated rings. The first kappa shape index (κ1) is 14.4. The van der Waals surface area contributed by atoms with Crippen molar-refractivity contribution in [2.24, 2.45) is 5.84 Å². The van der Waals surface area contributed by atoms with Crippen LogP contribution >= 0.6 is 0 Å². The van der Waals surface area contributed by atoms with Crippen LogP contribution in [0.4, 0.5) is 0 Å². The number of rotatable bonds is 5. The molecule has 17 heavy (non-hydrogen) atoms. The topological polar surface area (TPSA) is 73.6 Å². The van der Waals surface area contributed by atoms with Gasteiger partial charge in [-0.15, -0.1) is 0 Å². The average molecular weight is 244 g/mol. The van der Waals surface area contributed by atoms with E-state index in [1.54, 1.807) is 0 Å². The predicted molar refractivity (Wildman–Crippen MR) is 65.1 cm³/mol. The summed E-state index contributed by atoms with van der Waals surface area (Å²) in [7, 11) is 0. The molecule has 0 bridgehead atoms. The Kier molecular flexibility index (Phi) is 5.88. The zero-order chi connectivity index (χ0) is 12.8. The van der Waals surface area contributed by atoms with Crippen LogP contribution in [0.1, 0.15) is 46.5 Å². The van der Waals surface area contributed by atoms with E-state index in [1.807, 2.05) is 20.8 Å². The van der Waals surface area contributed by atoms with Crippen LogP contribution < -0.4 is 11.3 Å². The van der Waals surface area contributed by atoms with Crippen molar-refractivity contribution in [2.45, 2.75) is 70.9 Å². The lowest BCUT2D eigenvalue weighted by Gasteiger charge is -2.33. The molecule has 1 heterocycles. The van der Waals surface area contributed by atoms with Crippen molar-refractivity contribution in [1.82, 2.24) is 5.43 Å². The van der Waals surface area contributed by atoms with Crippen LogP contribution in [-0.2, 0) is 14.3 Å². The summed E-state index contributed by atoms with van der Waals surface area (Å²) in [5, 5.41) is 0. The van der Waals surface area contributed by atoms with Gasteiger partial charge in [0.05, 0.1) is 18.3 Å². The second-order valence-corrected chi connectivity index (χ2v) is 4.77. The molecule has 1 rings (SSSR count). The summed E-state index contributed by atoms with van der Waals surface area (Å²) in [6.45, 7) is 6.09. The van der Waals surface area contributed by atoms with E-state index < -0.39 is 6.10 Å². The minimum Gasteiger partial charge on any atom is -0.375 e. The number of amides is 1. The van der Waals surface area contributed by atoms with Gasteiger partial charge < -0.3 is 9.47 Å². The second-order valence-electron chi connectivity index (χ2n) is 4.77. The molecule has 0 aromatic carbocycles. The van der Waals surface area contributed by atoms with Crippen LogP contribution in [0, 0.1) is 0 Å². The molecule has 3 atom stereocenters. The van der Waals surface area contributed by atoms with Crippen molar-refractivity contribution in [3.63, 3.8) is 0 Å². The van der Waals surface area contributed by atoms with Gasteiger partial charge >= 0.3 is 0 Å². The number of nitrogens with two attached hydrogens (primary N) is 1. The predicted octanol–water partition coefficient (Wildman–Crippen LogP) is 1.12. The number of hydrazine groups is 1. The highest BCUT2D eigenvalue weighted by molar-refractivity contribution is 5.80. The van der Waals surface area contributed by atoms with Gasteiger partial charge in [-0.05, 0) is 33.1 Å². The van der Waals surface area contributed by atoms with Crippen LogP contribution in [0.5, 0.6) is 0 Å². The van der Waals surface area contributed by atoms with E-state index in [-0.39, 0.29) is 24.2 Å². The summed E-state index contributed by atoms with van der Waals surface area (Å²) in [6, 6.07) is 0. The number of carbonyl (C=O) groups excluding carboxylic acids is 1. The highest BCUT2D eigenvalue weighted by Crippen LogP contribution is 2.23. The molecule has 0 radical (unpaired) electrons. The van der Waals surface area contributed by atoms with Gasteiger partial charge in [-0.1, -0.05) is 13.3 Å². The summed E-state index contributed by atoms with van der Waals surface area (Å²) < 4.78 is 11.5. The molecule has 0 saturated carbocycles. The first-order valence-corrected chi connectivity index (χ1v) is 6.38. The Morgan fingerprint density at radius 3 is 2.53 bits per heavy atom. The number of carbonyl (C=O) groups is 1. The Morgan fingerprint density at radius 1 is 1.47 bits per heavy atom. The minimum atomic E-state index is -0.438. The van der Waals surface area contributed by atoms with Crippen molar-refractivity contribution in [3.8, 4) is 0 Å². The second kappa shape index (κ2) is 6.93. The van der Waals surface area contributed by atoms with Crippen LogP contribution in [0.2, 0.25) is 0 Å². The summed E-state index contributed by atoms with van der Waals surface area (Å²) in [5.41, 5.74) is 2.17. The summed E-state index contributed by atoms with van der Waals surface area (Å²) in [5.74, 6) is 4.92. The zero-order valence-corrected chi connectivity index (χ0v) is 10.9. The van der Waals surface area contributed by atoms with E-state index in [0.717, 1.165) is 19.3 Å². The van der Waals surface area contributed by atoms with E-state index in [2.05, 4.69) is 5.43 Å². The van der Waals surface area contributed by atoms with Gasteiger partial charge in [0.2, 0.25) is 0 Å². The summed E-state index contributed by atoms with van der Waals surface area (Å²) in [4.78, 5) is 11.5. The molecule has 0 aliphatic carbocycles. The molecule has 100 valence electrons. The minimum absolute atomic E-state index is 0.0857. The Hall–Kier alpha value is -0.650. The molecule has 0 aromatic rings. The smallest absolute Gasteiger partial charge is 0.262 e. The molecule has 3 unspecified atom stereocenters. The van der Waals surface area contributed by atoms with E-state index in [4.69, 9.17) is 15.3 Å². The number of ether oxygens (including phenoxy) is 2. The Bertz CT molecular complexity index is 238. The fourth-order valence-electron chi connectivity index (χ4n) is 2.30. The average Bonchev–Trinajstić information content (AvgIpc) is 2.26. The fraction of sp³-hybridized carbons (Fsp3) is 0.917. The lowest BCUT2D eigenvalue weighted by molar-refractivity contribution is -0.150. The third kappa shape index (κ3) is 4.61. The molecule has 1 amide bonds.